The lowest BCUT2D eigenvalue weighted by Crippen LogP contribution is -2.18. The van der Waals surface area contributed by atoms with Gasteiger partial charge in [-0.15, -0.1) is 0 Å². The van der Waals surface area contributed by atoms with E-state index in [2.05, 4.69) is 63.4 Å². The first-order valence-electron chi connectivity index (χ1n) is 7.33. The van der Waals surface area contributed by atoms with Crippen LogP contribution in [0.1, 0.15) is 17.0 Å². The summed E-state index contributed by atoms with van der Waals surface area (Å²) >= 11 is 0. The summed E-state index contributed by atoms with van der Waals surface area (Å²) in [5.41, 5.74) is 5.39. The van der Waals surface area contributed by atoms with Gasteiger partial charge in [0.05, 0.1) is 6.54 Å². The Morgan fingerprint density at radius 1 is 0.905 bits per heavy atom. The second-order valence-electron chi connectivity index (χ2n) is 5.38. The molecule has 3 heteroatoms. The molecule has 2 aromatic carbocycles. The maximum atomic E-state index is 4.39. The summed E-state index contributed by atoms with van der Waals surface area (Å²) in [5, 5.41) is 0. The van der Waals surface area contributed by atoms with E-state index < -0.39 is 0 Å². The number of hydrogen-bond acceptors (Lipinski definition) is 2. The van der Waals surface area contributed by atoms with Gasteiger partial charge in [-0.05, 0) is 36.1 Å². The molecule has 1 aliphatic rings. The summed E-state index contributed by atoms with van der Waals surface area (Å²) in [6.45, 7) is 0.765. The van der Waals surface area contributed by atoms with Crippen molar-refractivity contribution >= 4 is 11.4 Å². The zero-order valence-electron chi connectivity index (χ0n) is 11.8. The van der Waals surface area contributed by atoms with Crippen LogP contribution < -0.4 is 4.90 Å². The molecule has 0 spiro atoms. The normalized spacial score (nSPS) is 13.4. The molecule has 0 aliphatic carbocycles. The van der Waals surface area contributed by atoms with Crippen LogP contribution in [0.4, 0.5) is 11.4 Å². The minimum Gasteiger partial charge on any atom is -0.347 e. The second-order valence-corrected chi connectivity index (χ2v) is 5.38. The molecule has 0 saturated carbocycles. The molecular formula is C18H17N3. The van der Waals surface area contributed by atoms with E-state index in [1.165, 1.54) is 22.5 Å². The monoisotopic (exact) mass is 275 g/mol. The topological polar surface area (TPSA) is 31.9 Å². The molecule has 2 heterocycles. The van der Waals surface area contributed by atoms with E-state index in [1.54, 1.807) is 0 Å². The molecule has 1 aliphatic heterocycles. The summed E-state index contributed by atoms with van der Waals surface area (Å²) < 4.78 is 0. The maximum Gasteiger partial charge on any atom is 0.126 e. The summed E-state index contributed by atoms with van der Waals surface area (Å²) in [7, 11) is 0. The van der Waals surface area contributed by atoms with Crippen molar-refractivity contribution in [1.82, 2.24) is 9.97 Å². The van der Waals surface area contributed by atoms with Gasteiger partial charge in [0.1, 0.15) is 5.82 Å². The minimum absolute atomic E-state index is 0.765. The first-order chi connectivity index (χ1) is 10.4. The van der Waals surface area contributed by atoms with Crippen LogP contribution in [0, 0.1) is 0 Å². The highest BCUT2D eigenvalue weighted by molar-refractivity contribution is 5.70. The third-order valence-electron chi connectivity index (χ3n) is 4.09. The summed E-state index contributed by atoms with van der Waals surface area (Å²) in [6.07, 6.45) is 5.86. The molecule has 0 unspecified atom stereocenters. The van der Waals surface area contributed by atoms with Crippen LogP contribution in [-0.4, -0.2) is 9.97 Å². The fourth-order valence-corrected chi connectivity index (χ4v) is 3.07. The van der Waals surface area contributed by atoms with Crippen molar-refractivity contribution in [2.75, 3.05) is 4.90 Å². The van der Waals surface area contributed by atoms with Gasteiger partial charge in [0, 0.05) is 23.8 Å². The molecule has 1 aromatic heterocycles. The van der Waals surface area contributed by atoms with Crippen molar-refractivity contribution in [1.29, 1.82) is 0 Å². The average Bonchev–Trinajstić information content (AvgIpc) is 2.99. The Hall–Kier alpha value is -2.55. The number of benzene rings is 2. The zero-order chi connectivity index (χ0) is 14.1. The van der Waals surface area contributed by atoms with Crippen molar-refractivity contribution in [3.05, 3.63) is 77.9 Å². The van der Waals surface area contributed by atoms with Gasteiger partial charge >= 0.3 is 0 Å². The van der Waals surface area contributed by atoms with Gasteiger partial charge in [-0.1, -0.05) is 36.4 Å². The number of nitrogens with one attached hydrogen (secondary N) is 1. The number of imidazole rings is 1. The van der Waals surface area contributed by atoms with Crippen molar-refractivity contribution in [2.45, 2.75) is 19.4 Å². The number of anilines is 2. The Morgan fingerprint density at radius 2 is 1.52 bits per heavy atom. The number of H-pyrrole nitrogens is 1. The van der Waals surface area contributed by atoms with E-state index in [1.807, 2.05) is 12.4 Å². The molecule has 1 N–H and O–H groups in total. The van der Waals surface area contributed by atoms with Crippen molar-refractivity contribution in [2.24, 2.45) is 0 Å². The van der Waals surface area contributed by atoms with E-state index in [0.29, 0.717) is 0 Å². The number of aromatic amines is 1. The number of nitrogens with zero attached hydrogens (tertiary/aromatic N) is 2. The molecule has 0 saturated heterocycles. The molecule has 104 valence electrons. The second kappa shape index (κ2) is 5.09. The fraction of sp³-hybridized carbons (Fsp3) is 0.167. The van der Waals surface area contributed by atoms with Gasteiger partial charge in [-0.25, -0.2) is 4.98 Å². The van der Waals surface area contributed by atoms with Crippen LogP contribution in [0.3, 0.4) is 0 Å². The van der Waals surface area contributed by atoms with E-state index in [-0.39, 0.29) is 0 Å². The first kappa shape index (κ1) is 12.2. The Kier molecular flexibility index (Phi) is 2.96. The highest BCUT2D eigenvalue weighted by atomic mass is 15.2. The highest BCUT2D eigenvalue weighted by Crippen LogP contribution is 2.36. The Bertz CT molecular complexity index is 699. The predicted molar refractivity (Wildman–Crippen MR) is 84.7 cm³/mol. The molecular weight excluding hydrogens is 258 g/mol. The number of hydrogen-bond donors (Lipinski definition) is 1. The molecule has 3 aromatic rings. The lowest BCUT2D eigenvalue weighted by atomic mass is 10.0. The van der Waals surface area contributed by atoms with Crippen LogP contribution in [0.15, 0.2) is 60.9 Å². The SMILES string of the molecule is c1ccc2c(c1)CCc1ccccc1N2Cc1ncc[nH]1. The molecule has 0 atom stereocenters. The van der Waals surface area contributed by atoms with Crippen LogP contribution in [0.2, 0.25) is 0 Å². The number of fused-ring (bicyclic) bond motifs is 2. The number of aryl methyl sites for hydroxylation is 2. The number of aromatic nitrogens is 2. The molecule has 0 bridgehead atoms. The lowest BCUT2D eigenvalue weighted by Gasteiger charge is -2.26. The van der Waals surface area contributed by atoms with Crippen LogP contribution in [0.25, 0.3) is 0 Å². The van der Waals surface area contributed by atoms with E-state index in [0.717, 1.165) is 25.2 Å². The van der Waals surface area contributed by atoms with Gasteiger partial charge in [0.2, 0.25) is 0 Å². The van der Waals surface area contributed by atoms with Crippen molar-refractivity contribution in [3.63, 3.8) is 0 Å². The molecule has 3 nitrogen and oxygen atoms in total. The first-order valence-corrected chi connectivity index (χ1v) is 7.33. The molecule has 0 amide bonds. The van der Waals surface area contributed by atoms with Crippen LogP contribution >= 0.6 is 0 Å². The lowest BCUT2D eigenvalue weighted by molar-refractivity contribution is 0.894. The Morgan fingerprint density at radius 3 is 2.10 bits per heavy atom. The maximum absolute atomic E-state index is 4.39. The molecule has 0 fully saturated rings. The van der Waals surface area contributed by atoms with Crippen molar-refractivity contribution in [3.8, 4) is 0 Å². The number of para-hydroxylation sites is 2. The average molecular weight is 275 g/mol. The molecule has 0 radical (unpaired) electrons. The summed E-state index contributed by atoms with van der Waals surface area (Å²) in [5.74, 6) is 0.988. The fourth-order valence-electron chi connectivity index (χ4n) is 3.07. The van der Waals surface area contributed by atoms with Gasteiger partial charge in [-0.3, -0.25) is 0 Å². The van der Waals surface area contributed by atoms with Gasteiger partial charge in [0.15, 0.2) is 0 Å². The van der Waals surface area contributed by atoms with Gasteiger partial charge in [0.25, 0.3) is 0 Å². The number of rotatable bonds is 2. The van der Waals surface area contributed by atoms with E-state index in [9.17, 15) is 0 Å². The van der Waals surface area contributed by atoms with Gasteiger partial charge in [-0.2, -0.15) is 0 Å². The van der Waals surface area contributed by atoms with Crippen LogP contribution in [0.5, 0.6) is 0 Å². The third-order valence-corrected chi connectivity index (χ3v) is 4.09. The molecule has 21 heavy (non-hydrogen) atoms. The van der Waals surface area contributed by atoms with E-state index in [4.69, 9.17) is 0 Å². The van der Waals surface area contributed by atoms with Crippen molar-refractivity contribution < 1.29 is 0 Å². The standard InChI is InChI=1S/C18H17N3/c1-3-7-16-14(5-1)9-10-15-6-2-4-8-17(15)21(16)13-18-19-11-12-20-18/h1-8,11-12H,9-10,13H2,(H,19,20). The van der Waals surface area contributed by atoms with E-state index >= 15 is 0 Å². The van der Waals surface area contributed by atoms with Crippen LogP contribution in [-0.2, 0) is 19.4 Å². The summed E-state index contributed by atoms with van der Waals surface area (Å²) in [4.78, 5) is 9.97. The zero-order valence-corrected chi connectivity index (χ0v) is 11.8. The quantitative estimate of drug-likeness (QED) is 0.770. The largest absolute Gasteiger partial charge is 0.347 e. The Balaban J connectivity index is 1.85. The molecule has 4 rings (SSSR count). The van der Waals surface area contributed by atoms with Gasteiger partial charge < -0.3 is 9.88 Å². The minimum atomic E-state index is 0.765. The Labute approximate surface area is 124 Å². The summed E-state index contributed by atoms with van der Waals surface area (Å²) in [6, 6.07) is 17.4. The predicted octanol–water partition coefficient (Wildman–Crippen LogP) is 3.85. The third kappa shape index (κ3) is 2.21. The smallest absolute Gasteiger partial charge is 0.126 e. The highest BCUT2D eigenvalue weighted by Gasteiger charge is 2.20.